The number of carbonyl (C=O) groups excluding carboxylic acids is 1. The van der Waals surface area contributed by atoms with E-state index in [2.05, 4.69) is 25.4 Å². The van der Waals surface area contributed by atoms with Crippen LogP contribution >= 0.6 is 0 Å². The fraction of sp³-hybridized carbons (Fsp3) is 0.393. The number of ether oxygens (including phenoxy) is 1. The summed E-state index contributed by atoms with van der Waals surface area (Å²) in [6.07, 6.45) is 1.22. The second kappa shape index (κ2) is 10.8. The molecule has 1 N–H and O–H groups in total. The topological polar surface area (TPSA) is 106 Å². The monoisotopic (exact) mass is 518 g/mol. The largest absolute Gasteiger partial charge is 0.466 e. The number of aromatic nitrogens is 5. The number of H-pyrrole nitrogens is 1. The van der Waals surface area contributed by atoms with Crippen molar-refractivity contribution in [3.05, 3.63) is 86.7 Å². The number of benzene rings is 2. The van der Waals surface area contributed by atoms with E-state index in [-0.39, 0.29) is 23.3 Å². The minimum Gasteiger partial charge on any atom is -0.466 e. The van der Waals surface area contributed by atoms with Crippen molar-refractivity contribution in [2.75, 3.05) is 19.7 Å². The molecule has 0 radical (unpaired) electrons. The van der Waals surface area contributed by atoms with Crippen molar-refractivity contribution in [1.29, 1.82) is 0 Å². The number of pyridine rings is 1. The second-order valence-electron chi connectivity index (χ2n) is 9.89. The molecule has 1 saturated heterocycles. The SMILES string of the molecule is CCOC(=O)C1CCN([C@@H](c2cc3cc(C)cc(C)c3[nH]c2=O)c2nnnn2Cc2ccc(F)cc2)CC1. The number of piperidine rings is 1. The van der Waals surface area contributed by atoms with E-state index in [9.17, 15) is 14.0 Å². The predicted molar refractivity (Wildman–Crippen MR) is 140 cm³/mol. The molecule has 0 amide bonds. The molecule has 1 aliphatic heterocycles. The van der Waals surface area contributed by atoms with Crippen LogP contribution in [0.5, 0.6) is 0 Å². The number of hydrogen-bond donors (Lipinski definition) is 1. The van der Waals surface area contributed by atoms with E-state index >= 15 is 0 Å². The molecule has 4 aromatic rings. The lowest BCUT2D eigenvalue weighted by Gasteiger charge is -2.36. The highest BCUT2D eigenvalue weighted by Gasteiger charge is 2.35. The molecular weight excluding hydrogens is 487 g/mol. The fourth-order valence-corrected chi connectivity index (χ4v) is 5.34. The average molecular weight is 519 g/mol. The van der Waals surface area contributed by atoms with Gasteiger partial charge in [0.05, 0.1) is 24.6 Å². The Morgan fingerprint density at radius 3 is 2.61 bits per heavy atom. The van der Waals surface area contributed by atoms with Gasteiger partial charge in [0, 0.05) is 18.7 Å². The summed E-state index contributed by atoms with van der Waals surface area (Å²) in [5, 5.41) is 13.4. The van der Waals surface area contributed by atoms with Crippen LogP contribution in [0.15, 0.2) is 47.3 Å². The number of fused-ring (bicyclic) bond motifs is 1. The summed E-state index contributed by atoms with van der Waals surface area (Å²) in [6.45, 7) is 7.63. The van der Waals surface area contributed by atoms with E-state index in [0.29, 0.717) is 50.5 Å². The maximum absolute atomic E-state index is 13.5. The zero-order valence-electron chi connectivity index (χ0n) is 21.8. The standard InChI is InChI=1S/C28H31FN6O3/c1-4-38-28(37)20-9-11-34(12-10-20)25(23-15-21-14-17(2)13-18(3)24(21)30-27(23)36)26-31-32-33-35(26)16-19-5-7-22(29)8-6-19/h5-8,13-15,20,25H,4,9-12,16H2,1-3H3,(H,30,36)/t25-/m0/s1. The molecule has 3 heterocycles. The van der Waals surface area contributed by atoms with Gasteiger partial charge in [-0.3, -0.25) is 14.5 Å². The molecule has 0 bridgehead atoms. The van der Waals surface area contributed by atoms with Crippen molar-refractivity contribution < 1.29 is 13.9 Å². The summed E-state index contributed by atoms with van der Waals surface area (Å²) >= 11 is 0. The number of hydrogen-bond acceptors (Lipinski definition) is 7. The first-order chi connectivity index (χ1) is 18.3. The number of tetrazole rings is 1. The summed E-state index contributed by atoms with van der Waals surface area (Å²) in [7, 11) is 0. The van der Waals surface area contributed by atoms with E-state index < -0.39 is 6.04 Å². The fourth-order valence-electron chi connectivity index (χ4n) is 5.34. The van der Waals surface area contributed by atoms with Crippen LogP contribution in [0.1, 0.15) is 53.9 Å². The Labute approximate surface area is 219 Å². The van der Waals surface area contributed by atoms with Gasteiger partial charge in [-0.15, -0.1) is 5.10 Å². The Balaban J connectivity index is 1.56. The van der Waals surface area contributed by atoms with E-state index in [1.54, 1.807) is 23.7 Å². The predicted octanol–water partition coefficient (Wildman–Crippen LogP) is 3.68. The van der Waals surface area contributed by atoms with Crippen LogP contribution in [0.4, 0.5) is 4.39 Å². The van der Waals surface area contributed by atoms with Crippen molar-refractivity contribution in [2.45, 2.75) is 46.2 Å². The van der Waals surface area contributed by atoms with Gasteiger partial charge in [0.15, 0.2) is 5.82 Å². The van der Waals surface area contributed by atoms with Crippen LogP contribution in [-0.4, -0.2) is 55.8 Å². The summed E-state index contributed by atoms with van der Waals surface area (Å²) in [4.78, 5) is 31.1. The Morgan fingerprint density at radius 2 is 1.89 bits per heavy atom. The highest BCUT2D eigenvalue weighted by atomic mass is 19.1. The molecule has 2 aromatic carbocycles. The molecule has 0 spiro atoms. The third-order valence-corrected chi connectivity index (χ3v) is 7.18. The quantitative estimate of drug-likeness (QED) is 0.372. The van der Waals surface area contributed by atoms with Gasteiger partial charge in [-0.2, -0.15) is 0 Å². The molecule has 0 aliphatic carbocycles. The zero-order chi connectivity index (χ0) is 26.8. The van der Waals surface area contributed by atoms with Crippen molar-refractivity contribution >= 4 is 16.9 Å². The molecule has 9 nitrogen and oxygen atoms in total. The molecule has 1 atom stereocenters. The minimum absolute atomic E-state index is 0.178. The van der Waals surface area contributed by atoms with Crippen LogP contribution in [0, 0.1) is 25.6 Å². The van der Waals surface area contributed by atoms with Gasteiger partial charge in [0.25, 0.3) is 5.56 Å². The van der Waals surface area contributed by atoms with Gasteiger partial charge in [0.1, 0.15) is 11.9 Å². The molecule has 38 heavy (non-hydrogen) atoms. The maximum atomic E-state index is 13.5. The number of nitrogens with one attached hydrogen (secondary N) is 1. The lowest BCUT2D eigenvalue weighted by molar-refractivity contribution is -0.149. The van der Waals surface area contributed by atoms with Crippen LogP contribution < -0.4 is 5.56 Å². The smallest absolute Gasteiger partial charge is 0.309 e. The third kappa shape index (κ3) is 5.22. The van der Waals surface area contributed by atoms with Gasteiger partial charge >= 0.3 is 5.97 Å². The van der Waals surface area contributed by atoms with Crippen LogP contribution in [-0.2, 0) is 16.1 Å². The molecule has 1 fully saturated rings. The first kappa shape index (κ1) is 25.7. The number of nitrogens with zero attached hydrogens (tertiary/aromatic N) is 5. The summed E-state index contributed by atoms with van der Waals surface area (Å²) in [5.41, 5.74) is 4.05. The zero-order valence-corrected chi connectivity index (χ0v) is 21.8. The highest BCUT2D eigenvalue weighted by Crippen LogP contribution is 2.32. The van der Waals surface area contributed by atoms with Crippen LogP contribution in [0.25, 0.3) is 10.9 Å². The van der Waals surface area contributed by atoms with Crippen LogP contribution in [0.2, 0.25) is 0 Å². The third-order valence-electron chi connectivity index (χ3n) is 7.18. The summed E-state index contributed by atoms with van der Waals surface area (Å²) in [6, 6.07) is 11.6. The molecule has 0 unspecified atom stereocenters. The number of aromatic amines is 1. The van der Waals surface area contributed by atoms with Gasteiger partial charge in [-0.25, -0.2) is 9.07 Å². The van der Waals surface area contributed by atoms with Gasteiger partial charge in [0.2, 0.25) is 0 Å². The van der Waals surface area contributed by atoms with Crippen molar-refractivity contribution in [3.63, 3.8) is 0 Å². The van der Waals surface area contributed by atoms with Crippen molar-refractivity contribution in [1.82, 2.24) is 30.1 Å². The molecule has 0 saturated carbocycles. The van der Waals surface area contributed by atoms with Gasteiger partial charge < -0.3 is 9.72 Å². The number of halogens is 1. The first-order valence-electron chi connectivity index (χ1n) is 12.9. The highest BCUT2D eigenvalue weighted by molar-refractivity contribution is 5.83. The van der Waals surface area contributed by atoms with E-state index in [0.717, 1.165) is 27.6 Å². The number of esters is 1. The maximum Gasteiger partial charge on any atom is 0.309 e. The van der Waals surface area contributed by atoms with Gasteiger partial charge in [-0.1, -0.05) is 23.8 Å². The summed E-state index contributed by atoms with van der Waals surface area (Å²) in [5.74, 6) is -0.166. The average Bonchev–Trinajstić information content (AvgIpc) is 3.34. The number of rotatable bonds is 7. The lowest BCUT2D eigenvalue weighted by Crippen LogP contribution is -2.42. The molecule has 1 aliphatic rings. The Bertz CT molecular complexity index is 1510. The van der Waals surface area contributed by atoms with Crippen molar-refractivity contribution in [2.24, 2.45) is 5.92 Å². The number of carbonyl (C=O) groups is 1. The van der Waals surface area contributed by atoms with Gasteiger partial charge in [-0.05, 0) is 84.8 Å². The normalized spacial score (nSPS) is 15.6. The second-order valence-corrected chi connectivity index (χ2v) is 9.89. The molecule has 10 heteroatoms. The number of aryl methyl sites for hydroxylation is 2. The van der Waals surface area contributed by atoms with E-state index in [1.807, 2.05) is 32.0 Å². The Morgan fingerprint density at radius 1 is 1.16 bits per heavy atom. The minimum atomic E-state index is -0.539. The lowest BCUT2D eigenvalue weighted by atomic mass is 9.93. The molecular formula is C28H31FN6O3. The van der Waals surface area contributed by atoms with Crippen molar-refractivity contribution in [3.8, 4) is 0 Å². The van der Waals surface area contributed by atoms with Crippen LogP contribution in [0.3, 0.4) is 0 Å². The van der Waals surface area contributed by atoms with E-state index in [4.69, 9.17) is 4.74 Å². The molecule has 2 aromatic heterocycles. The molecule has 5 rings (SSSR count). The Kier molecular flexibility index (Phi) is 7.33. The molecule has 198 valence electrons. The van der Waals surface area contributed by atoms with E-state index in [1.165, 1.54) is 12.1 Å². The Hall–Kier alpha value is -3.92. The first-order valence-corrected chi connectivity index (χ1v) is 12.9. The summed E-state index contributed by atoms with van der Waals surface area (Å²) < 4.78 is 20.4. The number of likely N-dealkylation sites (tertiary alicyclic amines) is 1.